The van der Waals surface area contributed by atoms with Crippen LogP contribution in [0.5, 0.6) is 0 Å². The Hall–Kier alpha value is 0. The van der Waals surface area contributed by atoms with Crippen LogP contribution in [-0.4, -0.2) is 0 Å². The van der Waals surface area contributed by atoms with Gasteiger partial charge in [0.25, 0.3) is 0 Å². The van der Waals surface area contributed by atoms with Gasteiger partial charge in [0, 0.05) is 0 Å². The topological polar surface area (TPSA) is 0 Å². The molecule has 0 heteroatoms. The molecule has 0 nitrogen and oxygen atoms in total. The van der Waals surface area contributed by atoms with Crippen molar-refractivity contribution in [3.8, 4) is 0 Å². The second-order valence-corrected chi connectivity index (χ2v) is 10.7. The zero-order valence-electron chi connectivity index (χ0n) is 14.8. The Morgan fingerprint density at radius 2 is 1.10 bits per heavy atom. The Balaban J connectivity index is 0.000000115. The Bertz CT molecular complexity index is 372. The van der Waals surface area contributed by atoms with Crippen molar-refractivity contribution in [2.45, 2.75) is 85.5 Å². The number of rotatable bonds is 0. The van der Waals surface area contributed by atoms with Crippen molar-refractivity contribution < 1.29 is 0 Å². The van der Waals surface area contributed by atoms with Gasteiger partial charge in [0.2, 0.25) is 0 Å². The highest BCUT2D eigenvalue weighted by atomic mass is 14.6. The SMILES string of the molecule is CC1(C)C2CC3CC(C2)CC1C3.CC1(C)CC2CCC1C2. The predicted molar refractivity (Wildman–Crippen MR) is 90.1 cm³/mol. The van der Waals surface area contributed by atoms with E-state index >= 15 is 0 Å². The summed E-state index contributed by atoms with van der Waals surface area (Å²) >= 11 is 0. The molecular formula is C21H36. The second kappa shape index (κ2) is 4.75. The third-order valence-electron chi connectivity index (χ3n) is 8.70. The minimum atomic E-state index is 0.702. The standard InChI is InChI=1S/C12H20.C9H16/c1-12(2)10-4-8-3-9(6-10)7-11(12)5-8;1-9(2)6-7-3-4-8(9)5-7/h8-11H,3-7H2,1-2H3;7-8H,3-6H2,1-2H3. The molecule has 6 fully saturated rings. The van der Waals surface area contributed by atoms with E-state index in [1.54, 1.807) is 38.5 Å². The summed E-state index contributed by atoms with van der Waals surface area (Å²) in [5.74, 6) is 6.66. The molecule has 0 heterocycles. The smallest absolute Gasteiger partial charge is 0.0297 e. The largest absolute Gasteiger partial charge is 0.0596 e. The fourth-order valence-corrected chi connectivity index (χ4v) is 7.28. The fraction of sp³-hybridized carbons (Fsp3) is 1.00. The van der Waals surface area contributed by atoms with E-state index < -0.39 is 0 Å². The Kier molecular flexibility index (Phi) is 3.30. The van der Waals surface area contributed by atoms with Gasteiger partial charge in [-0.2, -0.15) is 0 Å². The lowest BCUT2D eigenvalue weighted by atomic mass is 9.46. The van der Waals surface area contributed by atoms with E-state index in [9.17, 15) is 0 Å². The van der Waals surface area contributed by atoms with Gasteiger partial charge in [0.1, 0.15) is 0 Å². The number of hydrogen-bond donors (Lipinski definition) is 0. The van der Waals surface area contributed by atoms with E-state index in [1.165, 1.54) is 19.3 Å². The normalized spacial score (nSPS) is 50.9. The molecule has 6 aliphatic rings. The molecule has 6 saturated carbocycles. The van der Waals surface area contributed by atoms with Crippen LogP contribution < -0.4 is 0 Å². The summed E-state index contributed by atoms with van der Waals surface area (Å²) in [5.41, 5.74) is 1.41. The molecule has 6 rings (SSSR count). The van der Waals surface area contributed by atoms with Crippen LogP contribution in [0.25, 0.3) is 0 Å². The van der Waals surface area contributed by atoms with Crippen LogP contribution in [-0.2, 0) is 0 Å². The molecule has 0 aromatic rings. The molecule has 0 saturated heterocycles. The second-order valence-electron chi connectivity index (χ2n) is 10.7. The van der Waals surface area contributed by atoms with Crippen molar-refractivity contribution >= 4 is 0 Å². The summed E-state index contributed by atoms with van der Waals surface area (Å²) in [6, 6.07) is 0. The lowest BCUT2D eigenvalue weighted by Gasteiger charge is -2.59. The van der Waals surface area contributed by atoms with Gasteiger partial charge in [-0.15, -0.1) is 0 Å². The molecule has 0 aromatic carbocycles. The summed E-state index contributed by atoms with van der Waals surface area (Å²) in [4.78, 5) is 0. The summed E-state index contributed by atoms with van der Waals surface area (Å²) in [5, 5.41) is 0. The molecule has 6 aliphatic carbocycles. The Morgan fingerprint density at radius 3 is 1.43 bits per heavy atom. The predicted octanol–water partition coefficient (Wildman–Crippen LogP) is 6.30. The van der Waals surface area contributed by atoms with Crippen molar-refractivity contribution in [2.24, 2.45) is 46.3 Å². The average molecular weight is 289 g/mol. The average Bonchev–Trinajstić information content (AvgIpc) is 2.95. The van der Waals surface area contributed by atoms with Crippen LogP contribution in [0.15, 0.2) is 0 Å². The molecule has 0 N–H and O–H groups in total. The van der Waals surface area contributed by atoms with Gasteiger partial charge < -0.3 is 0 Å². The quantitative estimate of drug-likeness (QED) is 0.490. The first-order valence-electron chi connectivity index (χ1n) is 9.84. The maximum Gasteiger partial charge on any atom is -0.0297 e. The minimum Gasteiger partial charge on any atom is -0.0596 e. The number of hydrogen-bond acceptors (Lipinski definition) is 0. The molecule has 2 unspecified atom stereocenters. The zero-order valence-corrected chi connectivity index (χ0v) is 14.8. The zero-order chi connectivity index (χ0) is 14.8. The third kappa shape index (κ3) is 2.40. The molecule has 0 amide bonds. The molecule has 6 bridgehead atoms. The first kappa shape index (κ1) is 14.6. The summed E-state index contributed by atoms with van der Waals surface area (Å²) in [6.07, 6.45) is 14.0. The Morgan fingerprint density at radius 1 is 0.571 bits per heavy atom. The van der Waals surface area contributed by atoms with Gasteiger partial charge >= 0.3 is 0 Å². The maximum atomic E-state index is 2.53. The van der Waals surface area contributed by atoms with Crippen molar-refractivity contribution in [3.05, 3.63) is 0 Å². The molecule has 2 atom stereocenters. The highest BCUT2D eigenvalue weighted by Gasteiger charge is 2.52. The highest BCUT2D eigenvalue weighted by Crippen LogP contribution is 2.61. The van der Waals surface area contributed by atoms with Gasteiger partial charge in [-0.25, -0.2) is 0 Å². The van der Waals surface area contributed by atoms with Crippen LogP contribution in [0.4, 0.5) is 0 Å². The maximum absolute atomic E-state index is 2.53. The lowest BCUT2D eigenvalue weighted by molar-refractivity contribution is -0.0876. The Labute approximate surface area is 132 Å². The molecule has 0 radical (unpaired) electrons. The molecule has 0 aromatic heterocycles. The molecule has 0 spiro atoms. The summed E-state index contributed by atoms with van der Waals surface area (Å²) in [7, 11) is 0. The van der Waals surface area contributed by atoms with Crippen LogP contribution in [0.1, 0.15) is 85.5 Å². The van der Waals surface area contributed by atoms with Crippen LogP contribution in [0.2, 0.25) is 0 Å². The van der Waals surface area contributed by atoms with Gasteiger partial charge in [0.15, 0.2) is 0 Å². The molecule has 21 heavy (non-hydrogen) atoms. The molecule has 0 aliphatic heterocycles. The van der Waals surface area contributed by atoms with Crippen molar-refractivity contribution in [1.82, 2.24) is 0 Å². The molecule has 120 valence electrons. The van der Waals surface area contributed by atoms with Gasteiger partial charge in [-0.05, 0) is 97.7 Å². The van der Waals surface area contributed by atoms with Crippen LogP contribution >= 0.6 is 0 Å². The van der Waals surface area contributed by atoms with Gasteiger partial charge in [-0.3, -0.25) is 0 Å². The van der Waals surface area contributed by atoms with E-state index in [-0.39, 0.29) is 0 Å². The van der Waals surface area contributed by atoms with E-state index in [1.807, 2.05) is 0 Å². The highest BCUT2D eigenvalue weighted by molar-refractivity contribution is 5.02. The first-order valence-corrected chi connectivity index (χ1v) is 9.84. The summed E-state index contributed by atoms with van der Waals surface area (Å²) < 4.78 is 0. The number of fused-ring (bicyclic) bond motifs is 2. The van der Waals surface area contributed by atoms with E-state index in [0.717, 1.165) is 35.5 Å². The monoisotopic (exact) mass is 288 g/mol. The first-order chi connectivity index (χ1) is 9.84. The van der Waals surface area contributed by atoms with Crippen molar-refractivity contribution in [1.29, 1.82) is 0 Å². The van der Waals surface area contributed by atoms with Crippen molar-refractivity contribution in [3.63, 3.8) is 0 Å². The molecular weight excluding hydrogens is 252 g/mol. The van der Waals surface area contributed by atoms with E-state index in [4.69, 9.17) is 0 Å². The van der Waals surface area contributed by atoms with Gasteiger partial charge in [0.05, 0.1) is 0 Å². The van der Waals surface area contributed by atoms with Crippen molar-refractivity contribution in [2.75, 3.05) is 0 Å². The summed E-state index contributed by atoms with van der Waals surface area (Å²) in [6.45, 7) is 9.94. The van der Waals surface area contributed by atoms with E-state index in [2.05, 4.69) is 27.7 Å². The van der Waals surface area contributed by atoms with Crippen LogP contribution in [0.3, 0.4) is 0 Å². The lowest BCUT2D eigenvalue weighted by Crippen LogP contribution is -2.49. The van der Waals surface area contributed by atoms with E-state index in [0.29, 0.717) is 10.8 Å². The van der Waals surface area contributed by atoms with Gasteiger partial charge in [-0.1, -0.05) is 34.1 Å². The minimum absolute atomic E-state index is 0.702. The van der Waals surface area contributed by atoms with Crippen LogP contribution in [0, 0.1) is 46.3 Å². The fourth-order valence-electron chi connectivity index (χ4n) is 7.28. The third-order valence-corrected chi connectivity index (χ3v) is 8.70.